The van der Waals surface area contributed by atoms with Crippen molar-refractivity contribution in [3.63, 3.8) is 0 Å². The molecular weight excluding hydrogens is 416 g/mol. The fourth-order valence-electron chi connectivity index (χ4n) is 3.55. The number of anilines is 1. The summed E-state index contributed by atoms with van der Waals surface area (Å²) in [6.07, 6.45) is 0.585. The van der Waals surface area contributed by atoms with Gasteiger partial charge in [0, 0.05) is 19.2 Å². The quantitative estimate of drug-likeness (QED) is 0.580. The van der Waals surface area contributed by atoms with Crippen LogP contribution in [0.4, 0.5) is 5.69 Å². The molecule has 0 bridgehead atoms. The van der Waals surface area contributed by atoms with Crippen LogP contribution < -0.4 is 5.32 Å². The number of rotatable bonds is 10. The highest BCUT2D eigenvalue weighted by Gasteiger charge is 2.37. The molecule has 0 aliphatic rings. The summed E-state index contributed by atoms with van der Waals surface area (Å²) < 4.78 is 28.5. The van der Waals surface area contributed by atoms with Gasteiger partial charge in [-0.2, -0.15) is 4.31 Å². The zero-order valence-corrected chi connectivity index (χ0v) is 19.6. The Bertz CT molecular complexity index is 1050. The van der Waals surface area contributed by atoms with Crippen molar-refractivity contribution in [3.05, 3.63) is 36.4 Å². The molecule has 31 heavy (non-hydrogen) atoms. The lowest BCUT2D eigenvalue weighted by atomic mass is 9.99. The summed E-state index contributed by atoms with van der Waals surface area (Å²) in [5.41, 5.74) is 0.571. The van der Waals surface area contributed by atoms with Gasteiger partial charge < -0.3 is 10.4 Å². The van der Waals surface area contributed by atoms with Gasteiger partial charge >= 0.3 is 0 Å². The van der Waals surface area contributed by atoms with Crippen LogP contribution in [-0.2, 0) is 19.6 Å². The van der Waals surface area contributed by atoms with Crippen LogP contribution in [0.3, 0.4) is 0 Å². The Hall–Kier alpha value is -2.29. The van der Waals surface area contributed by atoms with Crippen LogP contribution in [0.2, 0.25) is 0 Å². The van der Waals surface area contributed by atoms with Crippen molar-refractivity contribution < 1.29 is 23.1 Å². The van der Waals surface area contributed by atoms with E-state index in [1.165, 1.54) is 17.3 Å². The molecule has 1 amide bonds. The molecule has 2 N–H and O–H groups in total. The molecule has 170 valence electrons. The lowest BCUT2D eigenvalue weighted by molar-refractivity contribution is -0.126. The van der Waals surface area contributed by atoms with Gasteiger partial charge in [0.25, 0.3) is 0 Å². The topological polar surface area (TPSA) is 104 Å². The van der Waals surface area contributed by atoms with Crippen LogP contribution in [0.25, 0.3) is 10.8 Å². The van der Waals surface area contributed by atoms with E-state index < -0.39 is 28.5 Å². The molecule has 0 saturated heterocycles. The van der Waals surface area contributed by atoms with Gasteiger partial charge in [-0.25, -0.2) is 8.42 Å². The van der Waals surface area contributed by atoms with Crippen LogP contribution in [0.15, 0.2) is 41.3 Å². The maximum Gasteiger partial charge on any atom is 0.243 e. The summed E-state index contributed by atoms with van der Waals surface area (Å²) in [4.78, 5) is 23.9. The number of carbonyl (C=O) groups excluding carboxylic acids is 2. The highest BCUT2D eigenvalue weighted by molar-refractivity contribution is 7.89. The molecule has 2 aromatic carbocycles. The Morgan fingerprint density at radius 3 is 2.23 bits per heavy atom. The zero-order chi connectivity index (χ0) is 23.3. The van der Waals surface area contributed by atoms with Gasteiger partial charge in [-0.1, -0.05) is 39.8 Å². The standard InChI is InChI=1S/C23H32N2O5S/c1-15(2)10-11-25(23(16(3)4)22(28)14-26)31(29,30)21-9-7-18-6-8-20(24-17(5)27)12-19(18)13-21/h6-9,12-13,15-16,23,26H,10-11,14H2,1-5H3,(H,24,27). The molecule has 0 aliphatic carbocycles. The first-order valence-corrected chi connectivity index (χ1v) is 11.9. The van der Waals surface area contributed by atoms with E-state index in [-0.39, 0.29) is 29.2 Å². The molecule has 1 atom stereocenters. The first-order valence-electron chi connectivity index (χ1n) is 10.4. The first-order chi connectivity index (χ1) is 14.5. The maximum atomic E-state index is 13.6. The molecule has 7 nitrogen and oxygen atoms in total. The van der Waals surface area contributed by atoms with E-state index in [0.717, 1.165) is 5.39 Å². The van der Waals surface area contributed by atoms with Crippen molar-refractivity contribution in [2.75, 3.05) is 18.5 Å². The van der Waals surface area contributed by atoms with Crippen LogP contribution in [-0.4, -0.2) is 48.7 Å². The third-order valence-corrected chi connectivity index (χ3v) is 6.97. The summed E-state index contributed by atoms with van der Waals surface area (Å²) in [5, 5.41) is 13.6. The van der Waals surface area contributed by atoms with Crippen LogP contribution in [0.1, 0.15) is 41.0 Å². The molecule has 0 saturated carbocycles. The third kappa shape index (κ3) is 6.12. The number of aliphatic hydroxyl groups excluding tert-OH is 1. The number of aliphatic hydroxyl groups is 1. The normalized spacial score (nSPS) is 13.2. The minimum absolute atomic E-state index is 0.0696. The number of fused-ring (bicyclic) bond motifs is 1. The van der Waals surface area contributed by atoms with E-state index in [4.69, 9.17) is 0 Å². The van der Waals surface area contributed by atoms with Gasteiger partial charge in [-0.05, 0) is 53.3 Å². The SMILES string of the molecule is CC(=O)Nc1ccc2ccc(S(=O)(=O)N(CCC(C)C)C(C(=O)CO)C(C)C)cc2c1. The predicted molar refractivity (Wildman–Crippen MR) is 122 cm³/mol. The fraction of sp³-hybridized carbons (Fsp3) is 0.478. The molecular formula is C23H32N2O5S. The van der Waals surface area contributed by atoms with Crippen LogP contribution in [0.5, 0.6) is 0 Å². The second-order valence-electron chi connectivity index (χ2n) is 8.52. The smallest absolute Gasteiger partial charge is 0.243 e. The van der Waals surface area contributed by atoms with E-state index in [9.17, 15) is 23.1 Å². The van der Waals surface area contributed by atoms with E-state index in [1.54, 1.807) is 44.2 Å². The average Bonchev–Trinajstić information content (AvgIpc) is 2.68. The molecule has 0 radical (unpaired) electrons. The summed E-state index contributed by atoms with van der Waals surface area (Å²) in [7, 11) is -4.01. The highest BCUT2D eigenvalue weighted by atomic mass is 32.2. The number of amides is 1. The van der Waals surface area contributed by atoms with Crippen LogP contribution >= 0.6 is 0 Å². The largest absolute Gasteiger partial charge is 0.389 e. The number of hydrogen-bond acceptors (Lipinski definition) is 5. The number of nitrogens with zero attached hydrogens (tertiary/aromatic N) is 1. The first kappa shape index (κ1) is 25.0. The number of ketones is 1. The minimum Gasteiger partial charge on any atom is -0.389 e. The van der Waals surface area contributed by atoms with Crippen molar-refractivity contribution in [1.82, 2.24) is 4.31 Å². The Morgan fingerprint density at radius 1 is 1.03 bits per heavy atom. The van der Waals surface area contributed by atoms with Crippen molar-refractivity contribution in [1.29, 1.82) is 0 Å². The van der Waals surface area contributed by atoms with E-state index in [2.05, 4.69) is 5.32 Å². The lowest BCUT2D eigenvalue weighted by Crippen LogP contribution is -2.49. The Balaban J connectivity index is 2.57. The predicted octanol–water partition coefficient (Wildman–Crippen LogP) is 3.42. The van der Waals surface area contributed by atoms with E-state index in [0.29, 0.717) is 17.5 Å². The Labute approximate surface area is 184 Å². The van der Waals surface area contributed by atoms with Gasteiger partial charge in [0.05, 0.1) is 10.9 Å². The van der Waals surface area contributed by atoms with E-state index >= 15 is 0 Å². The summed E-state index contributed by atoms with van der Waals surface area (Å²) in [5.74, 6) is -0.790. The summed E-state index contributed by atoms with van der Waals surface area (Å²) in [6, 6.07) is 9.11. The third-order valence-electron chi connectivity index (χ3n) is 5.09. The number of carbonyl (C=O) groups is 2. The Kier molecular flexibility index (Phi) is 8.34. The average molecular weight is 449 g/mol. The van der Waals surface area contributed by atoms with Crippen molar-refractivity contribution in [2.24, 2.45) is 11.8 Å². The maximum absolute atomic E-state index is 13.6. The van der Waals surface area contributed by atoms with Gasteiger partial charge in [-0.3, -0.25) is 9.59 Å². The van der Waals surface area contributed by atoms with Crippen molar-refractivity contribution >= 4 is 38.2 Å². The summed E-state index contributed by atoms with van der Waals surface area (Å²) >= 11 is 0. The van der Waals surface area contributed by atoms with Crippen molar-refractivity contribution in [3.8, 4) is 0 Å². The summed E-state index contributed by atoms with van der Waals surface area (Å²) in [6.45, 7) is 8.40. The molecule has 0 aliphatic heterocycles. The molecule has 1 unspecified atom stereocenters. The number of hydrogen-bond donors (Lipinski definition) is 2. The van der Waals surface area contributed by atoms with Crippen LogP contribution in [0, 0.1) is 11.8 Å². The zero-order valence-electron chi connectivity index (χ0n) is 18.8. The van der Waals surface area contributed by atoms with Gasteiger partial charge in [0.1, 0.15) is 6.61 Å². The Morgan fingerprint density at radius 2 is 1.68 bits per heavy atom. The van der Waals surface area contributed by atoms with Gasteiger partial charge in [-0.15, -0.1) is 0 Å². The number of benzene rings is 2. The molecule has 2 rings (SSSR count). The highest BCUT2D eigenvalue weighted by Crippen LogP contribution is 2.28. The van der Waals surface area contributed by atoms with E-state index in [1.807, 2.05) is 13.8 Å². The second-order valence-corrected chi connectivity index (χ2v) is 10.4. The van der Waals surface area contributed by atoms with Crippen molar-refractivity contribution in [2.45, 2.75) is 52.0 Å². The van der Waals surface area contributed by atoms with Gasteiger partial charge in [0.15, 0.2) is 5.78 Å². The number of nitrogens with one attached hydrogen (secondary N) is 1. The molecule has 0 heterocycles. The number of Topliss-reactive ketones (excluding diaryl/α,β-unsaturated/α-hetero) is 1. The number of sulfonamides is 1. The minimum atomic E-state index is -4.01. The molecule has 0 fully saturated rings. The molecule has 8 heteroatoms. The second kappa shape index (κ2) is 10.3. The fourth-order valence-corrected chi connectivity index (χ4v) is 5.35. The molecule has 0 spiro atoms. The molecule has 2 aromatic rings. The molecule has 0 aromatic heterocycles. The van der Waals surface area contributed by atoms with Gasteiger partial charge in [0.2, 0.25) is 15.9 Å². The monoisotopic (exact) mass is 448 g/mol. The lowest BCUT2D eigenvalue weighted by Gasteiger charge is -2.32.